The Bertz CT molecular complexity index is 457. The second kappa shape index (κ2) is 5.95. The van der Waals surface area contributed by atoms with Crippen molar-refractivity contribution in [2.24, 2.45) is 4.99 Å². The van der Waals surface area contributed by atoms with Crippen LogP contribution in [0.25, 0.3) is 0 Å². The Morgan fingerprint density at radius 2 is 2.17 bits per heavy atom. The monoisotopic (exact) mass is 245 g/mol. The molecule has 1 aliphatic heterocycles. The second-order valence-corrected chi connectivity index (χ2v) is 4.07. The molecule has 18 heavy (non-hydrogen) atoms. The molecule has 5 nitrogen and oxygen atoms in total. The molecule has 0 amide bonds. The third-order valence-corrected chi connectivity index (χ3v) is 2.79. The van der Waals surface area contributed by atoms with Gasteiger partial charge in [0.05, 0.1) is 12.4 Å². The van der Waals surface area contributed by atoms with Crippen molar-refractivity contribution in [2.45, 2.75) is 25.3 Å². The topological polar surface area (TPSA) is 65.8 Å². The minimum absolute atomic E-state index is 0.157. The van der Waals surface area contributed by atoms with E-state index in [0.29, 0.717) is 6.42 Å². The molecule has 0 saturated heterocycles. The van der Waals surface area contributed by atoms with Crippen molar-refractivity contribution >= 4 is 18.0 Å². The number of pyridine rings is 1. The van der Waals surface area contributed by atoms with E-state index in [9.17, 15) is 4.79 Å². The van der Waals surface area contributed by atoms with Crippen LogP contribution in [0.2, 0.25) is 0 Å². The highest BCUT2D eigenvalue weighted by molar-refractivity contribution is 5.81. The molecule has 0 fully saturated rings. The first kappa shape index (κ1) is 12.3. The van der Waals surface area contributed by atoms with Gasteiger partial charge in [0.25, 0.3) is 0 Å². The van der Waals surface area contributed by atoms with Crippen LogP contribution in [0.4, 0.5) is 5.69 Å². The van der Waals surface area contributed by atoms with Gasteiger partial charge in [-0.25, -0.2) is 4.99 Å². The maximum absolute atomic E-state index is 10.5. The summed E-state index contributed by atoms with van der Waals surface area (Å²) in [4.78, 5) is 20.7. The molecule has 0 saturated carbocycles. The van der Waals surface area contributed by atoms with Crippen LogP contribution in [0.3, 0.4) is 0 Å². The van der Waals surface area contributed by atoms with E-state index in [2.05, 4.69) is 9.98 Å². The molecule has 1 aliphatic rings. The second-order valence-electron chi connectivity index (χ2n) is 4.07. The van der Waals surface area contributed by atoms with Crippen LogP contribution in [0.5, 0.6) is 0 Å². The summed E-state index contributed by atoms with van der Waals surface area (Å²) in [7, 11) is 0. The van der Waals surface area contributed by atoms with Crippen LogP contribution in [-0.2, 0) is 4.79 Å². The first-order chi connectivity index (χ1) is 8.77. The zero-order valence-electron chi connectivity index (χ0n) is 9.94. The molecule has 0 spiro atoms. The summed E-state index contributed by atoms with van der Waals surface area (Å²) < 4.78 is 0. The van der Waals surface area contributed by atoms with Crippen molar-refractivity contribution < 1.29 is 9.90 Å². The van der Waals surface area contributed by atoms with Crippen molar-refractivity contribution in [1.82, 2.24) is 4.98 Å². The van der Waals surface area contributed by atoms with Crippen molar-refractivity contribution in [3.05, 3.63) is 36.8 Å². The zero-order chi connectivity index (χ0) is 12.8. The Balaban J connectivity index is 2.01. The molecule has 94 valence electrons. The quantitative estimate of drug-likeness (QED) is 0.862. The number of aromatic nitrogens is 1. The molecular formula is C13H15N3O2. The molecule has 0 aliphatic carbocycles. The smallest absolute Gasteiger partial charge is 0.303 e. The van der Waals surface area contributed by atoms with Crippen LogP contribution >= 0.6 is 0 Å². The highest BCUT2D eigenvalue weighted by Gasteiger charge is 2.17. The van der Waals surface area contributed by atoms with Crippen molar-refractivity contribution in [2.75, 3.05) is 4.90 Å². The fourth-order valence-corrected chi connectivity index (χ4v) is 1.91. The summed E-state index contributed by atoms with van der Waals surface area (Å²) in [5, 5.41) is 8.66. The fourth-order valence-electron chi connectivity index (χ4n) is 1.91. The summed E-state index contributed by atoms with van der Waals surface area (Å²) in [5.74, 6) is -0.751. The molecule has 0 radical (unpaired) electrons. The fraction of sp³-hybridized carbons (Fsp3) is 0.308. The van der Waals surface area contributed by atoms with Gasteiger partial charge in [-0.05, 0) is 31.1 Å². The molecule has 2 rings (SSSR count). The number of hydrogen-bond donors (Lipinski definition) is 1. The Hall–Kier alpha value is -2.17. The largest absolute Gasteiger partial charge is 0.481 e. The van der Waals surface area contributed by atoms with Gasteiger partial charge in [0.1, 0.15) is 0 Å². The normalized spacial score (nSPS) is 18.0. The Morgan fingerprint density at radius 3 is 2.89 bits per heavy atom. The lowest BCUT2D eigenvalue weighted by atomic mass is 10.1. The number of carboxylic acids is 1. The molecule has 0 aromatic carbocycles. The van der Waals surface area contributed by atoms with Gasteiger partial charge in [-0.3, -0.25) is 9.78 Å². The molecule has 1 atom stereocenters. The summed E-state index contributed by atoms with van der Waals surface area (Å²) in [6.45, 7) is 0. The number of aliphatic imine (C=N–C) groups is 1. The number of carboxylic acid groups (broad SMARTS) is 1. The molecule has 5 heteroatoms. The van der Waals surface area contributed by atoms with Gasteiger partial charge < -0.3 is 10.0 Å². The maximum Gasteiger partial charge on any atom is 0.303 e. The molecule has 1 unspecified atom stereocenters. The number of anilines is 1. The molecule has 0 bridgehead atoms. The first-order valence-corrected chi connectivity index (χ1v) is 5.87. The Morgan fingerprint density at radius 1 is 1.39 bits per heavy atom. The lowest BCUT2D eigenvalue weighted by molar-refractivity contribution is -0.137. The zero-order valence-corrected chi connectivity index (χ0v) is 9.94. The highest BCUT2D eigenvalue weighted by atomic mass is 16.4. The molecule has 1 aromatic heterocycles. The first-order valence-electron chi connectivity index (χ1n) is 5.87. The van der Waals surface area contributed by atoms with E-state index >= 15 is 0 Å². The maximum atomic E-state index is 10.5. The lowest BCUT2D eigenvalue weighted by Gasteiger charge is -2.29. The molecule has 1 aromatic rings. The SMILES string of the molecule is O=C(O)CCCC1C=CN=CN1c1ccncc1. The number of rotatable bonds is 5. The molecular weight excluding hydrogens is 230 g/mol. The Kier molecular flexibility index (Phi) is 4.06. The van der Waals surface area contributed by atoms with E-state index < -0.39 is 5.97 Å². The standard InChI is InChI=1S/C13H15N3O2/c17-13(18)3-1-2-11-6-9-15-10-16(11)12-4-7-14-8-5-12/h4-11H,1-3H2,(H,17,18). The van der Waals surface area contributed by atoms with Gasteiger partial charge in [-0.15, -0.1) is 0 Å². The van der Waals surface area contributed by atoms with Crippen LogP contribution < -0.4 is 4.90 Å². The molecule has 1 N–H and O–H groups in total. The van der Waals surface area contributed by atoms with E-state index in [0.717, 1.165) is 12.1 Å². The summed E-state index contributed by atoms with van der Waals surface area (Å²) >= 11 is 0. The third kappa shape index (κ3) is 3.16. The van der Waals surface area contributed by atoms with E-state index in [1.165, 1.54) is 0 Å². The van der Waals surface area contributed by atoms with Crippen molar-refractivity contribution in [3.8, 4) is 0 Å². The number of hydrogen-bond acceptors (Lipinski definition) is 4. The number of nitrogens with zero attached hydrogens (tertiary/aromatic N) is 3. The summed E-state index contributed by atoms with van der Waals surface area (Å²) in [5.41, 5.74) is 1.01. The predicted molar refractivity (Wildman–Crippen MR) is 69.6 cm³/mol. The van der Waals surface area contributed by atoms with Gasteiger partial charge >= 0.3 is 5.97 Å². The van der Waals surface area contributed by atoms with E-state index in [-0.39, 0.29) is 12.5 Å². The van der Waals surface area contributed by atoms with E-state index in [4.69, 9.17) is 5.11 Å². The highest BCUT2D eigenvalue weighted by Crippen LogP contribution is 2.20. The minimum atomic E-state index is -0.751. The van der Waals surface area contributed by atoms with Crippen LogP contribution in [0, 0.1) is 0 Å². The van der Waals surface area contributed by atoms with E-state index in [1.807, 2.05) is 23.1 Å². The van der Waals surface area contributed by atoms with Crippen LogP contribution in [-0.4, -0.2) is 28.4 Å². The third-order valence-electron chi connectivity index (χ3n) is 2.79. The van der Waals surface area contributed by atoms with Gasteiger partial charge in [0.15, 0.2) is 0 Å². The van der Waals surface area contributed by atoms with Gasteiger partial charge in [-0.2, -0.15) is 0 Å². The van der Waals surface area contributed by atoms with Crippen molar-refractivity contribution in [1.29, 1.82) is 0 Å². The average Bonchev–Trinajstić information content (AvgIpc) is 2.40. The summed E-state index contributed by atoms with van der Waals surface area (Å²) in [6.07, 6.45) is 10.6. The van der Waals surface area contributed by atoms with Gasteiger partial charge in [-0.1, -0.05) is 0 Å². The molecule has 2 heterocycles. The number of carbonyl (C=O) groups is 1. The average molecular weight is 245 g/mol. The van der Waals surface area contributed by atoms with E-state index in [1.54, 1.807) is 24.9 Å². The van der Waals surface area contributed by atoms with Gasteiger partial charge in [0, 0.05) is 30.7 Å². The minimum Gasteiger partial charge on any atom is -0.481 e. The Labute approximate surface area is 105 Å². The number of aliphatic carboxylic acids is 1. The van der Waals surface area contributed by atoms with Crippen LogP contribution in [0.15, 0.2) is 41.8 Å². The summed E-state index contributed by atoms with van der Waals surface area (Å²) in [6, 6.07) is 3.98. The lowest BCUT2D eigenvalue weighted by Crippen LogP contribution is -2.34. The van der Waals surface area contributed by atoms with Crippen LogP contribution in [0.1, 0.15) is 19.3 Å². The van der Waals surface area contributed by atoms with Crippen molar-refractivity contribution in [3.63, 3.8) is 0 Å². The van der Waals surface area contributed by atoms with Gasteiger partial charge in [0.2, 0.25) is 0 Å². The predicted octanol–water partition coefficient (Wildman–Crippen LogP) is 2.07.